The smallest absolute Gasteiger partial charge is 0.341 e. The van der Waals surface area contributed by atoms with E-state index >= 15 is 0 Å². The summed E-state index contributed by atoms with van der Waals surface area (Å²) < 4.78 is 17.9. The lowest BCUT2D eigenvalue weighted by Crippen LogP contribution is -2.16. The Bertz CT molecular complexity index is 421. The van der Waals surface area contributed by atoms with Crippen LogP contribution in [-0.4, -0.2) is 18.5 Å². The molecule has 0 heterocycles. The minimum Gasteiger partial charge on any atom is -0.461 e. The van der Waals surface area contributed by atoms with E-state index in [1.54, 1.807) is 0 Å². The molecule has 0 radical (unpaired) electrons. The molecule has 0 bridgehead atoms. The highest BCUT2D eigenvalue weighted by molar-refractivity contribution is 5.90. The number of benzene rings is 1. The zero-order chi connectivity index (χ0) is 12.1. The standard InChI is InChI=1S/C10H11FN2O3/c11-8-5-6(12)1-2-7(8)10(15)16-4-3-9(13)14/h1-2,5H,3-4,12H2,(H2,13,14). The van der Waals surface area contributed by atoms with Crippen molar-refractivity contribution in [1.82, 2.24) is 0 Å². The van der Waals surface area contributed by atoms with Crippen molar-refractivity contribution >= 4 is 17.6 Å². The van der Waals surface area contributed by atoms with E-state index < -0.39 is 17.7 Å². The number of primary amides is 1. The number of carbonyl (C=O) groups is 2. The molecule has 0 aliphatic carbocycles. The van der Waals surface area contributed by atoms with Crippen LogP contribution in [0.3, 0.4) is 0 Å². The number of anilines is 1. The van der Waals surface area contributed by atoms with Crippen LogP contribution in [0.25, 0.3) is 0 Å². The van der Waals surface area contributed by atoms with E-state index in [4.69, 9.17) is 11.5 Å². The van der Waals surface area contributed by atoms with Crippen LogP contribution in [0.5, 0.6) is 0 Å². The molecule has 0 fully saturated rings. The van der Waals surface area contributed by atoms with Crippen molar-refractivity contribution < 1.29 is 18.7 Å². The van der Waals surface area contributed by atoms with Crippen molar-refractivity contribution in [2.24, 2.45) is 5.73 Å². The lowest BCUT2D eigenvalue weighted by Gasteiger charge is -2.04. The number of hydrogen-bond donors (Lipinski definition) is 2. The number of nitrogens with two attached hydrogens (primary N) is 2. The molecule has 0 saturated heterocycles. The maximum Gasteiger partial charge on any atom is 0.341 e. The minimum atomic E-state index is -0.848. The Hall–Kier alpha value is -2.11. The highest BCUT2D eigenvalue weighted by Gasteiger charge is 2.13. The third kappa shape index (κ3) is 3.23. The number of amides is 1. The van der Waals surface area contributed by atoms with Gasteiger partial charge in [0, 0.05) is 5.69 Å². The first-order valence-corrected chi connectivity index (χ1v) is 4.51. The quantitative estimate of drug-likeness (QED) is 0.575. The average molecular weight is 226 g/mol. The van der Waals surface area contributed by atoms with Crippen LogP contribution in [0.1, 0.15) is 16.8 Å². The highest BCUT2D eigenvalue weighted by atomic mass is 19.1. The molecule has 1 amide bonds. The van der Waals surface area contributed by atoms with Crippen LogP contribution < -0.4 is 11.5 Å². The Morgan fingerprint density at radius 1 is 1.38 bits per heavy atom. The van der Waals surface area contributed by atoms with Crippen LogP contribution in [0.15, 0.2) is 18.2 Å². The minimum absolute atomic E-state index is 0.0949. The summed E-state index contributed by atoms with van der Waals surface area (Å²) in [6, 6.07) is 3.62. The third-order valence-corrected chi connectivity index (χ3v) is 1.79. The van der Waals surface area contributed by atoms with E-state index in [0.29, 0.717) is 0 Å². The van der Waals surface area contributed by atoms with Gasteiger partial charge in [0.2, 0.25) is 5.91 Å². The van der Waals surface area contributed by atoms with Crippen LogP contribution >= 0.6 is 0 Å². The third-order valence-electron chi connectivity index (χ3n) is 1.79. The van der Waals surface area contributed by atoms with Gasteiger partial charge < -0.3 is 16.2 Å². The lowest BCUT2D eigenvalue weighted by atomic mass is 10.2. The molecule has 16 heavy (non-hydrogen) atoms. The number of nitrogen functional groups attached to an aromatic ring is 1. The Labute approximate surface area is 91.2 Å². The molecule has 1 aromatic rings. The normalized spacial score (nSPS) is 9.81. The molecule has 4 N–H and O–H groups in total. The van der Waals surface area contributed by atoms with E-state index in [1.807, 2.05) is 0 Å². The Kier molecular flexibility index (Phi) is 3.82. The fourth-order valence-electron chi connectivity index (χ4n) is 1.02. The zero-order valence-electron chi connectivity index (χ0n) is 8.40. The largest absolute Gasteiger partial charge is 0.461 e. The van der Waals surface area contributed by atoms with Gasteiger partial charge in [-0.15, -0.1) is 0 Å². The number of ether oxygens (including phenoxy) is 1. The van der Waals surface area contributed by atoms with Crippen molar-refractivity contribution in [2.75, 3.05) is 12.3 Å². The summed E-state index contributed by atoms with van der Waals surface area (Å²) in [4.78, 5) is 21.7. The summed E-state index contributed by atoms with van der Waals surface area (Å²) in [7, 11) is 0. The molecule has 1 rings (SSSR count). The van der Waals surface area contributed by atoms with E-state index in [0.717, 1.165) is 6.07 Å². The van der Waals surface area contributed by atoms with Gasteiger partial charge >= 0.3 is 5.97 Å². The molecule has 0 spiro atoms. The predicted molar refractivity (Wildman–Crippen MR) is 54.9 cm³/mol. The molecule has 0 aliphatic rings. The molecule has 6 heteroatoms. The van der Waals surface area contributed by atoms with Crippen LogP contribution in [0, 0.1) is 5.82 Å². The highest BCUT2D eigenvalue weighted by Crippen LogP contribution is 2.12. The molecule has 0 saturated carbocycles. The van der Waals surface area contributed by atoms with Gasteiger partial charge in [-0.1, -0.05) is 0 Å². The molecule has 0 unspecified atom stereocenters. The summed E-state index contributed by atoms with van der Waals surface area (Å²) >= 11 is 0. The van der Waals surface area contributed by atoms with Gasteiger partial charge in [-0.3, -0.25) is 4.79 Å². The average Bonchev–Trinajstić information content (AvgIpc) is 2.16. The van der Waals surface area contributed by atoms with E-state index in [9.17, 15) is 14.0 Å². The van der Waals surface area contributed by atoms with E-state index in [2.05, 4.69) is 4.74 Å². The molecule has 86 valence electrons. The van der Waals surface area contributed by atoms with Gasteiger partial charge in [0.15, 0.2) is 0 Å². The molecule has 1 aromatic carbocycles. The maximum atomic E-state index is 13.2. The molecule has 5 nitrogen and oxygen atoms in total. The Morgan fingerprint density at radius 3 is 2.62 bits per heavy atom. The van der Waals surface area contributed by atoms with Gasteiger partial charge in [-0.25, -0.2) is 9.18 Å². The first kappa shape index (κ1) is 12.0. The number of hydrogen-bond acceptors (Lipinski definition) is 4. The summed E-state index contributed by atoms with van der Waals surface area (Å²) in [6.07, 6.45) is -0.0949. The second-order valence-corrected chi connectivity index (χ2v) is 3.09. The second kappa shape index (κ2) is 5.11. The number of rotatable bonds is 4. The van der Waals surface area contributed by atoms with Gasteiger partial charge in [0.05, 0.1) is 12.0 Å². The van der Waals surface area contributed by atoms with Crippen LogP contribution in [0.4, 0.5) is 10.1 Å². The fourth-order valence-corrected chi connectivity index (χ4v) is 1.02. The van der Waals surface area contributed by atoms with Gasteiger partial charge in [0.25, 0.3) is 0 Å². The maximum absolute atomic E-state index is 13.2. The van der Waals surface area contributed by atoms with Crippen molar-refractivity contribution in [3.8, 4) is 0 Å². The fraction of sp³-hybridized carbons (Fsp3) is 0.200. The predicted octanol–water partition coefficient (Wildman–Crippen LogP) is 0.440. The topological polar surface area (TPSA) is 95.4 Å². The number of halogens is 1. The summed E-state index contributed by atoms with van der Waals surface area (Å²) in [6.45, 7) is -0.169. The Morgan fingerprint density at radius 2 is 2.06 bits per heavy atom. The Balaban J connectivity index is 2.63. The summed E-state index contributed by atoms with van der Waals surface area (Å²) in [5, 5.41) is 0. The van der Waals surface area contributed by atoms with Crippen molar-refractivity contribution in [1.29, 1.82) is 0 Å². The van der Waals surface area contributed by atoms with Crippen LogP contribution in [-0.2, 0) is 9.53 Å². The molecule has 0 atom stereocenters. The van der Waals surface area contributed by atoms with Crippen molar-refractivity contribution in [2.45, 2.75) is 6.42 Å². The van der Waals surface area contributed by atoms with Gasteiger partial charge in [-0.2, -0.15) is 0 Å². The first-order chi connectivity index (χ1) is 7.50. The monoisotopic (exact) mass is 226 g/mol. The second-order valence-electron chi connectivity index (χ2n) is 3.09. The van der Waals surface area contributed by atoms with Gasteiger partial charge in [-0.05, 0) is 18.2 Å². The first-order valence-electron chi connectivity index (χ1n) is 4.51. The van der Waals surface area contributed by atoms with Gasteiger partial charge in [0.1, 0.15) is 12.4 Å². The zero-order valence-corrected chi connectivity index (χ0v) is 8.40. The number of carbonyl (C=O) groups excluding carboxylic acids is 2. The molecule has 0 aliphatic heterocycles. The molecular formula is C10H11FN2O3. The van der Waals surface area contributed by atoms with E-state index in [-0.39, 0.29) is 24.3 Å². The molecular weight excluding hydrogens is 215 g/mol. The van der Waals surface area contributed by atoms with E-state index in [1.165, 1.54) is 12.1 Å². The SMILES string of the molecule is NC(=O)CCOC(=O)c1ccc(N)cc1F. The number of esters is 1. The van der Waals surface area contributed by atoms with Crippen molar-refractivity contribution in [3.05, 3.63) is 29.6 Å². The summed E-state index contributed by atoms with van der Waals surface area (Å²) in [5.74, 6) is -2.20. The van der Waals surface area contributed by atoms with Crippen LogP contribution in [0.2, 0.25) is 0 Å². The molecule has 0 aromatic heterocycles. The lowest BCUT2D eigenvalue weighted by molar-refractivity contribution is -0.118. The van der Waals surface area contributed by atoms with Crippen molar-refractivity contribution in [3.63, 3.8) is 0 Å². The summed E-state index contributed by atoms with van der Waals surface area (Å²) in [5.41, 5.74) is 10.2.